The van der Waals surface area contributed by atoms with E-state index in [4.69, 9.17) is 11.6 Å². The van der Waals surface area contributed by atoms with Gasteiger partial charge in [-0.2, -0.15) is 0 Å². The Bertz CT molecular complexity index is 954. The number of carbonyl (C=O) groups excluding carboxylic acids is 1. The minimum Gasteiger partial charge on any atom is -0.275 e. The van der Waals surface area contributed by atoms with Crippen LogP contribution in [0.15, 0.2) is 76.5 Å². The highest BCUT2D eigenvalue weighted by molar-refractivity contribution is 7.99. The van der Waals surface area contributed by atoms with Crippen LogP contribution in [0.3, 0.4) is 0 Å². The Hall–Kier alpha value is -2.23. The number of nitrogens with zero attached hydrogens (tertiary/aromatic N) is 1. The van der Waals surface area contributed by atoms with Crippen LogP contribution in [0.5, 0.6) is 0 Å². The van der Waals surface area contributed by atoms with Gasteiger partial charge in [-0.25, -0.2) is 0 Å². The van der Waals surface area contributed by atoms with E-state index in [9.17, 15) is 4.79 Å². The van der Waals surface area contributed by atoms with E-state index in [0.717, 1.165) is 26.7 Å². The smallest absolute Gasteiger partial charge is 0.263 e. The van der Waals surface area contributed by atoms with Gasteiger partial charge in [-0.1, -0.05) is 53.7 Å². The van der Waals surface area contributed by atoms with E-state index in [2.05, 4.69) is 0 Å². The Morgan fingerprint density at radius 1 is 0.917 bits per heavy atom. The second-order valence-electron chi connectivity index (χ2n) is 5.64. The molecule has 4 heteroatoms. The van der Waals surface area contributed by atoms with Crippen molar-refractivity contribution in [2.24, 2.45) is 0 Å². The molecule has 0 bridgehead atoms. The highest BCUT2D eigenvalue weighted by Gasteiger charge is 2.29. The number of halogens is 1. The van der Waals surface area contributed by atoms with E-state index in [1.807, 2.05) is 73.7 Å². The van der Waals surface area contributed by atoms with Crippen LogP contribution in [0.25, 0.3) is 0 Å². The molecule has 118 valence electrons. The van der Waals surface area contributed by atoms with E-state index in [1.54, 1.807) is 16.7 Å². The van der Waals surface area contributed by atoms with Gasteiger partial charge >= 0.3 is 0 Å². The maximum absolute atomic E-state index is 13.3. The summed E-state index contributed by atoms with van der Waals surface area (Å²) in [6, 6.07) is 21.3. The van der Waals surface area contributed by atoms with E-state index in [-0.39, 0.29) is 5.91 Å². The molecule has 3 aromatic rings. The van der Waals surface area contributed by atoms with Crippen LogP contribution in [-0.4, -0.2) is 5.91 Å². The first-order valence-corrected chi connectivity index (χ1v) is 8.81. The number of fused-ring (bicyclic) bond motifs is 2. The molecule has 1 aliphatic heterocycles. The standard InChI is InChI=1S/C20H14ClNOS/c1-13-6-2-3-7-15(13)20(23)22-16-8-4-5-9-18(16)24-19-11-10-14(21)12-17(19)22/h2-12H,1H3. The summed E-state index contributed by atoms with van der Waals surface area (Å²) in [5, 5.41) is 0.622. The third-order valence-electron chi connectivity index (χ3n) is 4.07. The van der Waals surface area contributed by atoms with E-state index in [1.165, 1.54) is 0 Å². The van der Waals surface area contributed by atoms with Crippen molar-refractivity contribution in [3.8, 4) is 0 Å². The Morgan fingerprint density at radius 2 is 1.62 bits per heavy atom. The number of rotatable bonds is 1. The average Bonchev–Trinajstić information content (AvgIpc) is 2.59. The van der Waals surface area contributed by atoms with Crippen molar-refractivity contribution in [1.29, 1.82) is 0 Å². The van der Waals surface area contributed by atoms with E-state index in [0.29, 0.717) is 10.6 Å². The van der Waals surface area contributed by atoms with Crippen LogP contribution in [-0.2, 0) is 0 Å². The highest BCUT2D eigenvalue weighted by atomic mass is 35.5. The summed E-state index contributed by atoms with van der Waals surface area (Å²) in [4.78, 5) is 17.2. The molecule has 3 aromatic carbocycles. The van der Waals surface area contributed by atoms with Gasteiger partial charge in [0.15, 0.2) is 0 Å². The van der Waals surface area contributed by atoms with Crippen molar-refractivity contribution in [2.45, 2.75) is 16.7 Å². The number of aryl methyl sites for hydroxylation is 1. The Balaban J connectivity index is 1.93. The first kappa shape index (κ1) is 15.3. The van der Waals surface area contributed by atoms with Gasteiger partial charge in [-0.3, -0.25) is 9.69 Å². The highest BCUT2D eigenvalue weighted by Crippen LogP contribution is 2.49. The number of hydrogen-bond donors (Lipinski definition) is 0. The zero-order chi connectivity index (χ0) is 16.7. The molecule has 1 amide bonds. The Labute approximate surface area is 150 Å². The van der Waals surface area contributed by atoms with Crippen molar-refractivity contribution in [3.05, 3.63) is 82.9 Å². The summed E-state index contributed by atoms with van der Waals surface area (Å²) in [6.07, 6.45) is 0. The third-order valence-corrected chi connectivity index (χ3v) is 5.43. The lowest BCUT2D eigenvalue weighted by Crippen LogP contribution is -2.29. The van der Waals surface area contributed by atoms with Gasteiger partial charge < -0.3 is 0 Å². The van der Waals surface area contributed by atoms with Crippen molar-refractivity contribution < 1.29 is 4.79 Å². The number of para-hydroxylation sites is 1. The number of carbonyl (C=O) groups is 1. The molecule has 0 radical (unpaired) electrons. The molecule has 0 unspecified atom stereocenters. The maximum Gasteiger partial charge on any atom is 0.263 e. The van der Waals surface area contributed by atoms with Gasteiger partial charge in [0, 0.05) is 20.4 Å². The summed E-state index contributed by atoms with van der Waals surface area (Å²) in [5.41, 5.74) is 3.39. The molecular formula is C20H14ClNOS. The molecule has 0 fully saturated rings. The first-order chi connectivity index (χ1) is 11.6. The van der Waals surface area contributed by atoms with Gasteiger partial charge in [0.05, 0.1) is 11.4 Å². The fraction of sp³-hybridized carbons (Fsp3) is 0.0500. The molecule has 1 aliphatic rings. The first-order valence-electron chi connectivity index (χ1n) is 7.61. The lowest BCUT2D eigenvalue weighted by Gasteiger charge is -2.31. The number of hydrogen-bond acceptors (Lipinski definition) is 2. The fourth-order valence-electron chi connectivity index (χ4n) is 2.88. The zero-order valence-electron chi connectivity index (χ0n) is 13.0. The minimum absolute atomic E-state index is 0.0376. The zero-order valence-corrected chi connectivity index (χ0v) is 14.6. The second kappa shape index (κ2) is 6.00. The van der Waals surface area contributed by atoms with E-state index < -0.39 is 0 Å². The van der Waals surface area contributed by atoms with Crippen LogP contribution in [0, 0.1) is 6.92 Å². The molecular weight excluding hydrogens is 338 g/mol. The van der Waals surface area contributed by atoms with Gasteiger partial charge in [0.2, 0.25) is 0 Å². The minimum atomic E-state index is -0.0376. The van der Waals surface area contributed by atoms with Gasteiger partial charge in [-0.15, -0.1) is 0 Å². The Kier molecular flexibility index (Phi) is 3.83. The van der Waals surface area contributed by atoms with Crippen LogP contribution in [0.1, 0.15) is 15.9 Å². The van der Waals surface area contributed by atoms with Crippen molar-refractivity contribution >= 4 is 40.6 Å². The van der Waals surface area contributed by atoms with Crippen molar-refractivity contribution in [1.82, 2.24) is 0 Å². The largest absolute Gasteiger partial charge is 0.275 e. The summed E-state index contributed by atoms with van der Waals surface area (Å²) < 4.78 is 0. The Morgan fingerprint density at radius 3 is 2.46 bits per heavy atom. The normalized spacial score (nSPS) is 12.5. The third kappa shape index (κ3) is 2.50. The molecule has 1 heterocycles. The molecule has 2 nitrogen and oxygen atoms in total. The molecule has 0 atom stereocenters. The van der Waals surface area contributed by atoms with Gasteiger partial charge in [-0.05, 0) is 48.9 Å². The lowest BCUT2D eigenvalue weighted by molar-refractivity contribution is 0.0997. The van der Waals surface area contributed by atoms with Crippen LogP contribution in [0.4, 0.5) is 11.4 Å². The SMILES string of the molecule is Cc1ccccc1C(=O)N1c2ccccc2Sc2ccc(Cl)cc21. The van der Waals surface area contributed by atoms with Gasteiger partial charge in [0.1, 0.15) is 0 Å². The quantitative estimate of drug-likeness (QED) is 0.528. The second-order valence-corrected chi connectivity index (χ2v) is 7.16. The summed E-state index contributed by atoms with van der Waals surface area (Å²) in [5.74, 6) is -0.0376. The molecule has 0 saturated heterocycles. The summed E-state index contributed by atoms with van der Waals surface area (Å²) in [6.45, 7) is 1.96. The van der Waals surface area contributed by atoms with E-state index >= 15 is 0 Å². The molecule has 0 aliphatic carbocycles. The van der Waals surface area contributed by atoms with Crippen LogP contribution in [0.2, 0.25) is 5.02 Å². The summed E-state index contributed by atoms with van der Waals surface area (Å²) in [7, 11) is 0. The van der Waals surface area contributed by atoms with Crippen molar-refractivity contribution in [2.75, 3.05) is 4.90 Å². The predicted molar refractivity (Wildman–Crippen MR) is 99.7 cm³/mol. The molecule has 0 spiro atoms. The lowest BCUT2D eigenvalue weighted by atomic mass is 10.1. The monoisotopic (exact) mass is 351 g/mol. The summed E-state index contributed by atoms with van der Waals surface area (Å²) >= 11 is 7.86. The maximum atomic E-state index is 13.3. The van der Waals surface area contributed by atoms with Crippen LogP contribution >= 0.6 is 23.4 Å². The fourth-order valence-corrected chi connectivity index (χ4v) is 4.08. The topological polar surface area (TPSA) is 20.3 Å². The van der Waals surface area contributed by atoms with Gasteiger partial charge in [0.25, 0.3) is 5.91 Å². The van der Waals surface area contributed by atoms with Crippen molar-refractivity contribution in [3.63, 3.8) is 0 Å². The number of amides is 1. The molecule has 0 saturated carbocycles. The molecule has 24 heavy (non-hydrogen) atoms. The number of anilines is 2. The number of benzene rings is 3. The molecule has 0 aromatic heterocycles. The average molecular weight is 352 g/mol. The predicted octanol–water partition coefficient (Wildman–Crippen LogP) is 6.09. The molecule has 0 N–H and O–H groups in total. The van der Waals surface area contributed by atoms with Crippen LogP contribution < -0.4 is 4.90 Å². The molecule has 4 rings (SSSR count).